The molecule has 0 aliphatic carbocycles. The lowest BCUT2D eigenvalue weighted by molar-refractivity contribution is 0.00670. The summed E-state index contributed by atoms with van der Waals surface area (Å²) >= 11 is 0. The molecule has 3 heterocycles. The summed E-state index contributed by atoms with van der Waals surface area (Å²) in [5.74, 6) is 0.780. The highest BCUT2D eigenvalue weighted by molar-refractivity contribution is 5.90. The Hall–Kier alpha value is -2.06. The van der Waals surface area contributed by atoms with E-state index in [1.807, 2.05) is 19.9 Å². The minimum atomic E-state index is -0.263. The molecule has 3 rings (SSSR count). The number of nitrogens with zero attached hydrogens (tertiary/aromatic N) is 5. The molecule has 2 aromatic heterocycles. The Morgan fingerprint density at radius 3 is 2.68 bits per heavy atom. The summed E-state index contributed by atoms with van der Waals surface area (Å²) in [6, 6.07) is 2.18. The number of carbonyl (C=O) groups is 1. The first-order valence-electron chi connectivity index (χ1n) is 8.76. The molecule has 1 fully saturated rings. The number of nitrogens with one attached hydrogen (secondary N) is 1. The predicted molar refractivity (Wildman–Crippen MR) is 93.6 cm³/mol. The van der Waals surface area contributed by atoms with E-state index in [1.54, 1.807) is 4.52 Å². The fourth-order valence-electron chi connectivity index (χ4n) is 3.23. The fourth-order valence-corrected chi connectivity index (χ4v) is 3.23. The van der Waals surface area contributed by atoms with E-state index >= 15 is 0 Å². The molecule has 0 saturated carbocycles. The lowest BCUT2D eigenvalue weighted by Crippen LogP contribution is -2.51. The second-order valence-electron chi connectivity index (χ2n) is 6.86. The van der Waals surface area contributed by atoms with Gasteiger partial charge in [0.2, 0.25) is 5.82 Å². The number of carbonyl (C=O) groups excluding carboxylic acids is 1. The van der Waals surface area contributed by atoms with Gasteiger partial charge in [-0.25, -0.2) is 9.50 Å². The van der Waals surface area contributed by atoms with Crippen LogP contribution in [-0.2, 0) is 4.74 Å². The lowest BCUT2D eigenvalue weighted by Gasteiger charge is -2.36. The molecule has 8 nitrogen and oxygen atoms in total. The lowest BCUT2D eigenvalue weighted by atomic mass is 10.0. The Kier molecular flexibility index (Phi) is 5.29. The van der Waals surface area contributed by atoms with E-state index in [2.05, 4.69) is 39.1 Å². The van der Waals surface area contributed by atoms with Crippen LogP contribution in [0.15, 0.2) is 6.07 Å². The molecule has 8 heteroatoms. The highest BCUT2D eigenvalue weighted by atomic mass is 16.5. The molecule has 0 radical (unpaired) electrons. The summed E-state index contributed by atoms with van der Waals surface area (Å²) in [4.78, 5) is 23.5. The average molecular weight is 346 g/mol. The summed E-state index contributed by atoms with van der Waals surface area (Å²) < 4.78 is 7.02. The van der Waals surface area contributed by atoms with Gasteiger partial charge in [0.05, 0.1) is 13.2 Å². The summed E-state index contributed by atoms with van der Waals surface area (Å²) in [6.07, 6.45) is 0. The van der Waals surface area contributed by atoms with Gasteiger partial charge in [0.1, 0.15) is 0 Å². The largest absolute Gasteiger partial charge is 0.379 e. The Morgan fingerprint density at radius 2 is 2.00 bits per heavy atom. The number of fused-ring (bicyclic) bond motifs is 1. The molecule has 1 atom stereocenters. The Balaban J connectivity index is 1.69. The second-order valence-corrected chi connectivity index (χ2v) is 6.86. The minimum Gasteiger partial charge on any atom is -0.379 e. The number of aryl methyl sites for hydroxylation is 2. The molecule has 0 unspecified atom stereocenters. The standard InChI is InChI=1S/C17H26N6O2/c1-11(2)14(22-5-7-25-8-6-22)10-18-16(24)15-20-17-19-12(3)9-13(4)23(17)21-15/h9,11,14H,5-8,10H2,1-4H3,(H,18,24)/t14-/m0/s1. The third-order valence-electron chi connectivity index (χ3n) is 4.58. The molecule has 2 aromatic rings. The SMILES string of the molecule is Cc1cc(C)n2nc(C(=O)NC[C@@H](C(C)C)N3CCOCC3)nc2n1. The predicted octanol–water partition coefficient (Wildman–Crippen LogP) is 0.828. The monoisotopic (exact) mass is 346 g/mol. The van der Waals surface area contributed by atoms with Crippen molar-refractivity contribution in [1.29, 1.82) is 0 Å². The van der Waals surface area contributed by atoms with Crippen LogP contribution in [0.5, 0.6) is 0 Å². The van der Waals surface area contributed by atoms with Gasteiger partial charge in [-0.05, 0) is 25.8 Å². The van der Waals surface area contributed by atoms with Gasteiger partial charge >= 0.3 is 0 Å². The zero-order valence-electron chi connectivity index (χ0n) is 15.3. The third-order valence-corrected chi connectivity index (χ3v) is 4.58. The van der Waals surface area contributed by atoms with Gasteiger partial charge in [0, 0.05) is 37.1 Å². The number of rotatable bonds is 5. The minimum absolute atomic E-state index is 0.158. The molecular formula is C17H26N6O2. The van der Waals surface area contributed by atoms with Gasteiger partial charge < -0.3 is 10.1 Å². The van der Waals surface area contributed by atoms with Gasteiger partial charge in [-0.3, -0.25) is 9.69 Å². The molecule has 136 valence electrons. The van der Waals surface area contributed by atoms with Crippen molar-refractivity contribution < 1.29 is 9.53 Å². The first kappa shape index (κ1) is 17.8. The maximum atomic E-state index is 12.5. The van der Waals surface area contributed by atoms with E-state index in [-0.39, 0.29) is 17.8 Å². The summed E-state index contributed by atoms with van der Waals surface area (Å²) in [5, 5.41) is 7.27. The molecule has 1 aliphatic rings. The molecule has 1 N–H and O–H groups in total. The highest BCUT2D eigenvalue weighted by Gasteiger charge is 2.25. The Bertz CT molecular complexity index is 751. The van der Waals surface area contributed by atoms with Crippen molar-refractivity contribution >= 4 is 11.7 Å². The van der Waals surface area contributed by atoms with E-state index in [4.69, 9.17) is 4.74 Å². The number of morpholine rings is 1. The van der Waals surface area contributed by atoms with E-state index in [0.29, 0.717) is 18.2 Å². The van der Waals surface area contributed by atoms with E-state index in [9.17, 15) is 4.79 Å². The van der Waals surface area contributed by atoms with E-state index < -0.39 is 0 Å². The van der Waals surface area contributed by atoms with Crippen LogP contribution in [0.3, 0.4) is 0 Å². The molecular weight excluding hydrogens is 320 g/mol. The van der Waals surface area contributed by atoms with Crippen molar-refractivity contribution in [3.05, 3.63) is 23.3 Å². The van der Waals surface area contributed by atoms with E-state index in [1.165, 1.54) is 0 Å². The average Bonchev–Trinajstić information content (AvgIpc) is 3.00. The van der Waals surface area contributed by atoms with Crippen LogP contribution in [0.2, 0.25) is 0 Å². The number of aromatic nitrogens is 4. The molecule has 1 aliphatic heterocycles. The van der Waals surface area contributed by atoms with Crippen LogP contribution >= 0.6 is 0 Å². The molecule has 1 amide bonds. The molecule has 25 heavy (non-hydrogen) atoms. The van der Waals surface area contributed by atoms with Crippen LogP contribution in [0.4, 0.5) is 0 Å². The van der Waals surface area contributed by atoms with Crippen molar-refractivity contribution in [2.75, 3.05) is 32.8 Å². The van der Waals surface area contributed by atoms with E-state index in [0.717, 1.165) is 37.7 Å². The van der Waals surface area contributed by atoms with Crippen LogP contribution < -0.4 is 5.32 Å². The van der Waals surface area contributed by atoms with Crippen LogP contribution in [0, 0.1) is 19.8 Å². The van der Waals surface area contributed by atoms with Crippen LogP contribution in [0.25, 0.3) is 5.78 Å². The molecule has 0 spiro atoms. The summed E-state index contributed by atoms with van der Waals surface area (Å²) in [5.41, 5.74) is 1.76. The van der Waals surface area contributed by atoms with Gasteiger partial charge in [-0.15, -0.1) is 5.10 Å². The van der Waals surface area contributed by atoms with Crippen molar-refractivity contribution in [3.8, 4) is 0 Å². The van der Waals surface area contributed by atoms with Crippen LogP contribution in [-0.4, -0.2) is 69.3 Å². The first-order chi connectivity index (χ1) is 12.0. The number of hydrogen-bond donors (Lipinski definition) is 1. The second kappa shape index (κ2) is 7.45. The third kappa shape index (κ3) is 3.96. The van der Waals surface area contributed by atoms with Crippen molar-refractivity contribution in [3.63, 3.8) is 0 Å². The Labute approximate surface area is 147 Å². The quantitative estimate of drug-likeness (QED) is 0.863. The number of ether oxygens (including phenoxy) is 1. The fraction of sp³-hybridized carbons (Fsp3) is 0.647. The summed E-state index contributed by atoms with van der Waals surface area (Å²) in [6.45, 7) is 12.0. The molecule has 0 aromatic carbocycles. The van der Waals surface area contributed by atoms with Gasteiger partial charge in [-0.1, -0.05) is 13.8 Å². The highest BCUT2D eigenvalue weighted by Crippen LogP contribution is 2.12. The molecule has 0 bridgehead atoms. The Morgan fingerprint density at radius 1 is 1.28 bits per heavy atom. The number of amides is 1. The normalized spacial score (nSPS) is 17.2. The van der Waals surface area contributed by atoms with Gasteiger partial charge in [-0.2, -0.15) is 4.98 Å². The van der Waals surface area contributed by atoms with Gasteiger partial charge in [0.15, 0.2) is 0 Å². The van der Waals surface area contributed by atoms with Crippen molar-refractivity contribution in [2.24, 2.45) is 5.92 Å². The van der Waals surface area contributed by atoms with Crippen molar-refractivity contribution in [1.82, 2.24) is 29.8 Å². The molecule has 1 saturated heterocycles. The first-order valence-corrected chi connectivity index (χ1v) is 8.76. The zero-order chi connectivity index (χ0) is 18.0. The topological polar surface area (TPSA) is 84.7 Å². The smallest absolute Gasteiger partial charge is 0.291 e. The zero-order valence-corrected chi connectivity index (χ0v) is 15.3. The van der Waals surface area contributed by atoms with Crippen LogP contribution in [0.1, 0.15) is 35.9 Å². The van der Waals surface area contributed by atoms with Crippen molar-refractivity contribution in [2.45, 2.75) is 33.7 Å². The summed E-state index contributed by atoms with van der Waals surface area (Å²) in [7, 11) is 0. The maximum absolute atomic E-state index is 12.5. The van der Waals surface area contributed by atoms with Gasteiger partial charge in [0.25, 0.3) is 11.7 Å². The number of hydrogen-bond acceptors (Lipinski definition) is 6. The maximum Gasteiger partial charge on any atom is 0.291 e.